The first-order valence-electron chi connectivity index (χ1n) is 21.2. The average Bonchev–Trinajstić information content (AvgIpc) is 4.10. The average molecular weight is 823 g/mol. The van der Waals surface area contributed by atoms with Gasteiger partial charge in [-0.2, -0.15) is 0 Å². The minimum absolute atomic E-state index is 0.0691. The summed E-state index contributed by atoms with van der Waals surface area (Å²) in [6.45, 7) is 13.4. The topological polar surface area (TPSA) is 184 Å². The number of hydrogen-bond acceptors (Lipinski definition) is 9. The SMILES string of the molecule is CC[C@H](C)[C@H](NC(=O)OC)C(=O)N1CCC[C@H]1c1ncc(-c2ccc3c(c2)Oc2ccc(-c4cnc([C@@H]5CCCN5C(=O)[C@@H](NC(=O)OC)[C@@H](C)CC)[nH]4)cc2C3(C)C)[nH]1. The summed E-state index contributed by atoms with van der Waals surface area (Å²) in [4.78, 5) is 72.1. The molecule has 0 bridgehead atoms. The van der Waals surface area contributed by atoms with E-state index >= 15 is 0 Å². The van der Waals surface area contributed by atoms with E-state index in [1.165, 1.54) is 14.2 Å². The number of ether oxygens (including phenoxy) is 3. The highest BCUT2D eigenvalue weighted by molar-refractivity contribution is 5.87. The third-order valence-electron chi connectivity index (χ3n) is 12.9. The standard InChI is InChI=1S/C45H58N8O7/c1-9-25(3)37(50-43(56)58-7)41(54)52-19-11-13-33(52)39-46-23-31(48-39)27-16-18-35-30(21-27)45(5,6)29-17-15-28(22-36(29)60-35)32-24-47-40(49-32)34-14-12-20-53(34)42(55)38(26(4)10-2)51-44(57)59-8/h15-18,21-26,33-34,37-38H,9-14,19-20H2,1-8H3,(H,46,48)(H,47,49)(H,50,56)(H,51,57)/t25-,26-,33-,34-,37-,38-/m0/s1. The molecule has 3 aliphatic rings. The fourth-order valence-electron chi connectivity index (χ4n) is 8.86. The van der Waals surface area contributed by atoms with E-state index in [-0.39, 0.29) is 35.7 Å². The zero-order chi connectivity index (χ0) is 42.9. The lowest BCUT2D eigenvalue weighted by Crippen LogP contribution is -2.51. The van der Waals surface area contributed by atoms with Gasteiger partial charge in [-0.1, -0.05) is 66.5 Å². The number of aromatic nitrogens is 4. The fraction of sp³-hybridized carbons (Fsp3) is 0.511. The molecule has 0 aliphatic carbocycles. The number of rotatable bonds is 12. The van der Waals surface area contributed by atoms with Crippen LogP contribution in [0.4, 0.5) is 9.59 Å². The van der Waals surface area contributed by atoms with Crippen LogP contribution in [0.1, 0.15) is 115 Å². The molecule has 0 unspecified atom stereocenters. The number of methoxy groups -OCH3 is 2. The minimum Gasteiger partial charge on any atom is -0.457 e. The minimum atomic E-state index is -0.693. The second kappa shape index (κ2) is 17.4. The molecule has 2 saturated heterocycles. The largest absolute Gasteiger partial charge is 0.457 e. The van der Waals surface area contributed by atoms with Crippen LogP contribution in [0.3, 0.4) is 0 Å². The summed E-state index contributed by atoms with van der Waals surface area (Å²) >= 11 is 0. The summed E-state index contributed by atoms with van der Waals surface area (Å²) < 4.78 is 16.2. The Balaban J connectivity index is 1.08. The normalized spacial score (nSPS) is 19.9. The molecule has 15 nitrogen and oxygen atoms in total. The van der Waals surface area contributed by atoms with Crippen LogP contribution in [0.15, 0.2) is 48.8 Å². The van der Waals surface area contributed by atoms with Gasteiger partial charge in [-0.05, 0) is 61.8 Å². The maximum Gasteiger partial charge on any atom is 0.407 e. The third-order valence-corrected chi connectivity index (χ3v) is 12.9. The number of likely N-dealkylation sites (tertiary alicyclic amines) is 2. The Bertz CT molecular complexity index is 2230. The predicted octanol–water partition coefficient (Wildman–Crippen LogP) is 7.77. The van der Waals surface area contributed by atoms with E-state index in [1.54, 1.807) is 6.20 Å². The van der Waals surface area contributed by atoms with Crippen LogP contribution in [-0.4, -0.2) is 93.1 Å². The van der Waals surface area contributed by atoms with Crippen molar-refractivity contribution in [2.24, 2.45) is 11.8 Å². The van der Waals surface area contributed by atoms with E-state index in [0.717, 1.165) is 83.7 Å². The van der Waals surface area contributed by atoms with Crippen molar-refractivity contribution in [2.45, 2.75) is 110 Å². The lowest BCUT2D eigenvalue weighted by molar-refractivity contribution is -0.136. The summed E-state index contributed by atoms with van der Waals surface area (Å²) in [5, 5.41) is 5.51. The number of alkyl carbamates (subject to hydrolysis) is 2. The number of amides is 4. The molecule has 2 aromatic carbocycles. The van der Waals surface area contributed by atoms with Gasteiger partial charge in [0, 0.05) is 40.8 Å². The first kappa shape index (κ1) is 42.3. The Morgan fingerprint density at radius 1 is 0.750 bits per heavy atom. The van der Waals surface area contributed by atoms with Gasteiger partial charge in [-0.15, -0.1) is 0 Å². The number of carbonyl (C=O) groups is 4. The summed E-state index contributed by atoms with van der Waals surface area (Å²) in [6.07, 6.45) is 7.02. The zero-order valence-electron chi connectivity index (χ0n) is 35.9. The zero-order valence-corrected chi connectivity index (χ0v) is 35.9. The van der Waals surface area contributed by atoms with Gasteiger partial charge in [0.05, 0.1) is 50.1 Å². The Hall–Kier alpha value is -5.86. The highest BCUT2D eigenvalue weighted by atomic mass is 16.5. The van der Waals surface area contributed by atoms with Crippen LogP contribution in [0, 0.1) is 11.8 Å². The van der Waals surface area contributed by atoms with E-state index in [0.29, 0.717) is 24.7 Å². The Morgan fingerprint density at radius 3 is 1.72 bits per heavy atom. The quantitative estimate of drug-likeness (QED) is 0.111. The van der Waals surface area contributed by atoms with Crippen LogP contribution < -0.4 is 15.4 Å². The predicted molar refractivity (Wildman–Crippen MR) is 225 cm³/mol. The molecule has 2 aromatic heterocycles. The molecule has 60 heavy (non-hydrogen) atoms. The lowest BCUT2D eigenvalue weighted by atomic mass is 9.75. The molecule has 3 aliphatic heterocycles. The van der Waals surface area contributed by atoms with Crippen molar-refractivity contribution < 1.29 is 33.4 Å². The molecule has 15 heteroatoms. The van der Waals surface area contributed by atoms with Gasteiger partial charge in [0.2, 0.25) is 11.8 Å². The second-order valence-electron chi connectivity index (χ2n) is 16.9. The van der Waals surface area contributed by atoms with Gasteiger partial charge in [0.15, 0.2) is 0 Å². The van der Waals surface area contributed by atoms with Gasteiger partial charge in [-0.3, -0.25) is 9.59 Å². The molecule has 0 radical (unpaired) electrons. The first-order chi connectivity index (χ1) is 28.8. The maximum absolute atomic E-state index is 13.8. The lowest BCUT2D eigenvalue weighted by Gasteiger charge is -2.35. The fourth-order valence-corrected chi connectivity index (χ4v) is 8.86. The van der Waals surface area contributed by atoms with Crippen LogP contribution in [0.5, 0.6) is 11.5 Å². The van der Waals surface area contributed by atoms with Crippen LogP contribution in [-0.2, 0) is 24.5 Å². The molecule has 6 atom stereocenters. The molecule has 4 aromatic rings. The molecule has 2 fully saturated rings. The van der Waals surface area contributed by atoms with Gasteiger partial charge in [0.1, 0.15) is 35.2 Å². The van der Waals surface area contributed by atoms with Crippen LogP contribution in [0.2, 0.25) is 0 Å². The van der Waals surface area contributed by atoms with Gasteiger partial charge in [-0.25, -0.2) is 19.6 Å². The highest BCUT2D eigenvalue weighted by Gasteiger charge is 2.40. The number of H-pyrrole nitrogens is 2. The van der Waals surface area contributed by atoms with Crippen molar-refractivity contribution in [1.29, 1.82) is 0 Å². The van der Waals surface area contributed by atoms with E-state index in [9.17, 15) is 19.2 Å². The van der Waals surface area contributed by atoms with Crippen molar-refractivity contribution in [3.63, 3.8) is 0 Å². The van der Waals surface area contributed by atoms with E-state index in [4.69, 9.17) is 24.2 Å². The van der Waals surface area contributed by atoms with Crippen molar-refractivity contribution in [2.75, 3.05) is 27.3 Å². The second-order valence-corrected chi connectivity index (χ2v) is 16.9. The van der Waals surface area contributed by atoms with E-state index < -0.39 is 29.7 Å². The van der Waals surface area contributed by atoms with Crippen molar-refractivity contribution >= 4 is 24.0 Å². The molecule has 4 N–H and O–H groups in total. The monoisotopic (exact) mass is 822 g/mol. The number of imidazole rings is 2. The molecule has 0 spiro atoms. The molecular weight excluding hydrogens is 765 g/mol. The van der Waals surface area contributed by atoms with E-state index in [1.807, 2.05) is 61.9 Å². The summed E-state index contributed by atoms with van der Waals surface area (Å²) in [5.41, 5.74) is 5.18. The van der Waals surface area contributed by atoms with Crippen molar-refractivity contribution in [3.05, 3.63) is 71.6 Å². The number of aromatic amines is 2. The van der Waals surface area contributed by atoms with Crippen LogP contribution >= 0.6 is 0 Å². The van der Waals surface area contributed by atoms with Crippen molar-refractivity contribution in [3.8, 4) is 34.0 Å². The van der Waals surface area contributed by atoms with Gasteiger partial charge in [0.25, 0.3) is 0 Å². The molecular formula is C45H58N8O7. The summed E-state index contributed by atoms with van der Waals surface area (Å²) in [6, 6.07) is 10.5. The molecule has 0 saturated carbocycles. The van der Waals surface area contributed by atoms with Gasteiger partial charge >= 0.3 is 12.2 Å². The Kier molecular flexibility index (Phi) is 12.3. The number of nitrogens with zero attached hydrogens (tertiary/aromatic N) is 4. The first-order valence-corrected chi connectivity index (χ1v) is 21.2. The highest BCUT2D eigenvalue weighted by Crippen LogP contribution is 2.50. The maximum atomic E-state index is 13.8. The van der Waals surface area contributed by atoms with Crippen LogP contribution in [0.25, 0.3) is 22.5 Å². The Morgan fingerprint density at radius 2 is 1.23 bits per heavy atom. The summed E-state index contributed by atoms with van der Waals surface area (Å²) in [7, 11) is 2.60. The molecule has 7 rings (SSSR count). The smallest absolute Gasteiger partial charge is 0.407 e. The number of benzene rings is 2. The molecule has 4 amide bonds. The number of fused-ring (bicyclic) bond motifs is 2. The number of nitrogens with one attached hydrogen (secondary N) is 4. The number of hydrogen-bond donors (Lipinski definition) is 4. The summed E-state index contributed by atoms with van der Waals surface area (Å²) in [5.74, 6) is 2.52. The van der Waals surface area contributed by atoms with E-state index in [2.05, 4.69) is 52.6 Å². The molecule has 320 valence electrons. The Labute approximate surface area is 351 Å². The number of carbonyl (C=O) groups excluding carboxylic acids is 4. The molecule has 5 heterocycles. The van der Waals surface area contributed by atoms with Crippen molar-refractivity contribution in [1.82, 2.24) is 40.4 Å². The van der Waals surface area contributed by atoms with Gasteiger partial charge < -0.3 is 44.6 Å². The third kappa shape index (κ3) is 8.05.